The summed E-state index contributed by atoms with van der Waals surface area (Å²) in [6, 6.07) is 9.20. The Kier molecular flexibility index (Phi) is 8.90. The monoisotopic (exact) mass is 563 g/mol. The lowest BCUT2D eigenvalue weighted by atomic mass is 10.1. The topological polar surface area (TPSA) is 114 Å². The van der Waals surface area contributed by atoms with Gasteiger partial charge in [-0.3, -0.25) is 19.1 Å². The van der Waals surface area contributed by atoms with Crippen molar-refractivity contribution < 1.29 is 18.3 Å². The van der Waals surface area contributed by atoms with Gasteiger partial charge in [-0.1, -0.05) is 12.1 Å². The molecule has 0 atom stereocenters. The molecule has 3 heterocycles. The second kappa shape index (κ2) is 12.9. The second-order valence-electron chi connectivity index (χ2n) is 10.0. The average molecular weight is 564 g/mol. The maximum absolute atomic E-state index is 13.6. The van der Waals surface area contributed by atoms with Crippen LogP contribution in [-0.2, 0) is 17.8 Å². The van der Waals surface area contributed by atoms with E-state index in [9.17, 15) is 18.4 Å². The number of carbonyl (C=O) groups excluding carboxylic acids is 1. The van der Waals surface area contributed by atoms with E-state index in [-0.39, 0.29) is 18.7 Å². The van der Waals surface area contributed by atoms with Crippen molar-refractivity contribution in [3.05, 3.63) is 93.8 Å². The number of aromatic nitrogens is 4. The van der Waals surface area contributed by atoms with Gasteiger partial charge in [0.2, 0.25) is 0 Å². The third-order valence-electron chi connectivity index (χ3n) is 7.09. The molecular weight excluding hydrogens is 532 g/mol. The number of ether oxygens (including phenoxy) is 1. The minimum absolute atomic E-state index is 0.0587. The summed E-state index contributed by atoms with van der Waals surface area (Å²) in [6.07, 6.45) is 6.18. The van der Waals surface area contributed by atoms with E-state index in [1.165, 1.54) is 23.2 Å². The highest BCUT2D eigenvalue weighted by Crippen LogP contribution is 2.18. The number of carbonyl (C=O) groups is 1. The summed E-state index contributed by atoms with van der Waals surface area (Å²) < 4.78 is 33.1. The lowest BCUT2D eigenvalue weighted by Gasteiger charge is -2.32. The fourth-order valence-electron chi connectivity index (χ4n) is 4.80. The van der Waals surface area contributed by atoms with E-state index >= 15 is 0 Å². The molecule has 1 saturated heterocycles. The van der Waals surface area contributed by atoms with Crippen LogP contribution in [0.15, 0.2) is 59.9 Å². The summed E-state index contributed by atoms with van der Waals surface area (Å²) >= 11 is 0. The molecule has 2 aromatic carbocycles. The second-order valence-corrected chi connectivity index (χ2v) is 10.0. The van der Waals surface area contributed by atoms with E-state index in [2.05, 4.69) is 25.5 Å². The van der Waals surface area contributed by atoms with Gasteiger partial charge in [-0.05, 0) is 48.2 Å². The molecule has 0 bridgehead atoms. The summed E-state index contributed by atoms with van der Waals surface area (Å²) in [5, 5.41) is 6.24. The summed E-state index contributed by atoms with van der Waals surface area (Å²) in [6.45, 7) is 3.77. The quantitative estimate of drug-likeness (QED) is 0.303. The molecule has 0 unspecified atom stereocenters. The molecule has 2 N–H and O–H groups in total. The van der Waals surface area contributed by atoms with E-state index in [0.29, 0.717) is 22.9 Å². The summed E-state index contributed by atoms with van der Waals surface area (Å²) in [4.78, 5) is 41.3. The zero-order chi connectivity index (χ0) is 28.8. The largest absolute Gasteiger partial charge is 0.383 e. The first-order valence-electron chi connectivity index (χ1n) is 13.4. The number of hydrogen-bond acceptors (Lipinski definition) is 8. The van der Waals surface area contributed by atoms with Crippen molar-refractivity contribution in [3.8, 4) is 0 Å². The number of nitrogens with zero attached hydrogens (tertiary/aromatic N) is 5. The van der Waals surface area contributed by atoms with E-state index in [4.69, 9.17) is 9.72 Å². The fourth-order valence-corrected chi connectivity index (χ4v) is 4.80. The minimum atomic E-state index is -1.01. The Labute approximate surface area is 235 Å². The van der Waals surface area contributed by atoms with Gasteiger partial charge in [-0.15, -0.1) is 0 Å². The predicted molar refractivity (Wildman–Crippen MR) is 150 cm³/mol. The van der Waals surface area contributed by atoms with Crippen LogP contribution < -0.4 is 16.2 Å². The Hall–Kier alpha value is -4.29. The third-order valence-corrected chi connectivity index (χ3v) is 7.09. The Morgan fingerprint density at radius 1 is 1.05 bits per heavy atom. The number of rotatable bonds is 10. The maximum atomic E-state index is 13.6. The van der Waals surface area contributed by atoms with Crippen LogP contribution in [0.3, 0.4) is 0 Å². The molecule has 1 aliphatic rings. The molecule has 0 spiro atoms. The Morgan fingerprint density at radius 2 is 1.85 bits per heavy atom. The Balaban J connectivity index is 1.21. The molecule has 12 heteroatoms. The molecule has 0 radical (unpaired) electrons. The standard InChI is InChI=1S/C29H31F2N7O3/c1-41-11-10-37-8-6-21(7-9-37)35-27-16-33-25-5-3-19(13-26(25)36-27)14-34-28(39)22-15-32-18-38(29(22)40)17-20-2-4-23(30)24(31)12-20/h2-5,12-13,15-16,18,21H,6-11,14,17H2,1H3,(H,34,39)(H,35,36). The molecule has 5 rings (SSSR count). The molecule has 4 aromatic rings. The Bertz CT molecular complexity index is 1590. The number of benzene rings is 2. The van der Waals surface area contributed by atoms with Gasteiger partial charge in [0.25, 0.3) is 11.5 Å². The summed E-state index contributed by atoms with van der Waals surface area (Å²) in [7, 11) is 1.72. The van der Waals surface area contributed by atoms with Crippen LogP contribution in [0.5, 0.6) is 0 Å². The normalized spacial score (nSPS) is 14.3. The number of amides is 1. The number of fused-ring (bicyclic) bond motifs is 1. The maximum Gasteiger partial charge on any atom is 0.266 e. The van der Waals surface area contributed by atoms with Crippen LogP contribution in [0.25, 0.3) is 11.0 Å². The first-order valence-corrected chi connectivity index (χ1v) is 13.4. The van der Waals surface area contributed by atoms with Crippen LogP contribution in [0, 0.1) is 11.6 Å². The number of halogens is 2. The van der Waals surface area contributed by atoms with Crippen LogP contribution in [0.4, 0.5) is 14.6 Å². The molecule has 0 saturated carbocycles. The number of nitrogens with one attached hydrogen (secondary N) is 2. The molecular formula is C29H31F2N7O3. The van der Waals surface area contributed by atoms with E-state index in [1.807, 2.05) is 18.2 Å². The molecule has 2 aromatic heterocycles. The van der Waals surface area contributed by atoms with Crippen molar-refractivity contribution >= 4 is 22.8 Å². The molecule has 41 heavy (non-hydrogen) atoms. The number of methoxy groups -OCH3 is 1. The first kappa shape index (κ1) is 28.2. The van der Waals surface area contributed by atoms with Crippen molar-refractivity contribution in [1.29, 1.82) is 0 Å². The average Bonchev–Trinajstić information content (AvgIpc) is 2.98. The van der Waals surface area contributed by atoms with Gasteiger partial charge in [0.05, 0.1) is 36.7 Å². The van der Waals surface area contributed by atoms with Crippen LogP contribution in [-0.4, -0.2) is 69.7 Å². The van der Waals surface area contributed by atoms with E-state index in [1.54, 1.807) is 13.3 Å². The lowest BCUT2D eigenvalue weighted by molar-refractivity contribution is 0.0948. The molecule has 1 fully saturated rings. The third kappa shape index (κ3) is 7.08. The molecule has 0 aliphatic carbocycles. The van der Waals surface area contributed by atoms with Crippen molar-refractivity contribution in [2.24, 2.45) is 0 Å². The van der Waals surface area contributed by atoms with Gasteiger partial charge in [0.15, 0.2) is 11.6 Å². The molecule has 1 amide bonds. The number of hydrogen-bond donors (Lipinski definition) is 2. The molecule has 1 aliphatic heterocycles. The van der Waals surface area contributed by atoms with Crippen molar-refractivity contribution in [3.63, 3.8) is 0 Å². The highest BCUT2D eigenvalue weighted by atomic mass is 19.2. The zero-order valence-electron chi connectivity index (χ0n) is 22.6. The number of anilines is 1. The smallest absolute Gasteiger partial charge is 0.266 e. The van der Waals surface area contributed by atoms with Crippen molar-refractivity contribution in [1.82, 2.24) is 29.7 Å². The fraction of sp³-hybridized carbons (Fsp3) is 0.345. The van der Waals surface area contributed by atoms with Gasteiger partial charge in [-0.25, -0.2) is 18.7 Å². The van der Waals surface area contributed by atoms with Gasteiger partial charge in [-0.2, -0.15) is 0 Å². The SMILES string of the molecule is COCCN1CCC(Nc2cnc3ccc(CNC(=O)c4cncn(Cc5ccc(F)c(F)c5)c4=O)cc3n2)CC1. The first-order chi connectivity index (χ1) is 19.9. The van der Waals surface area contributed by atoms with Crippen LogP contribution >= 0.6 is 0 Å². The van der Waals surface area contributed by atoms with E-state index in [0.717, 1.165) is 62.3 Å². The Morgan fingerprint density at radius 3 is 2.63 bits per heavy atom. The van der Waals surface area contributed by atoms with E-state index < -0.39 is 23.1 Å². The number of piperidine rings is 1. The van der Waals surface area contributed by atoms with Gasteiger partial charge >= 0.3 is 0 Å². The minimum Gasteiger partial charge on any atom is -0.383 e. The van der Waals surface area contributed by atoms with Crippen molar-refractivity contribution in [2.45, 2.75) is 32.0 Å². The van der Waals surface area contributed by atoms with Gasteiger partial charge in [0.1, 0.15) is 11.4 Å². The summed E-state index contributed by atoms with van der Waals surface area (Å²) in [5.41, 5.74) is 1.82. The zero-order valence-corrected chi connectivity index (χ0v) is 22.6. The summed E-state index contributed by atoms with van der Waals surface area (Å²) in [5.74, 6) is -1.89. The predicted octanol–water partition coefficient (Wildman–Crippen LogP) is 2.97. The van der Waals surface area contributed by atoms with Crippen LogP contribution in [0.2, 0.25) is 0 Å². The highest BCUT2D eigenvalue weighted by Gasteiger charge is 2.19. The molecule has 10 nitrogen and oxygen atoms in total. The van der Waals surface area contributed by atoms with Crippen molar-refractivity contribution in [2.75, 3.05) is 38.7 Å². The van der Waals surface area contributed by atoms with Crippen LogP contribution in [0.1, 0.15) is 34.3 Å². The van der Waals surface area contributed by atoms with Gasteiger partial charge < -0.3 is 20.3 Å². The number of likely N-dealkylation sites (tertiary alicyclic amines) is 1. The lowest BCUT2D eigenvalue weighted by Crippen LogP contribution is -2.40. The highest BCUT2D eigenvalue weighted by molar-refractivity contribution is 5.93. The van der Waals surface area contributed by atoms with Gasteiger partial charge in [0, 0.05) is 45.5 Å². The molecule has 214 valence electrons.